The molecule has 0 bridgehead atoms. The summed E-state index contributed by atoms with van der Waals surface area (Å²) < 4.78 is 1.72. The lowest BCUT2D eigenvalue weighted by molar-refractivity contribution is 0.321. The van der Waals surface area contributed by atoms with E-state index in [0.29, 0.717) is 11.8 Å². The van der Waals surface area contributed by atoms with Gasteiger partial charge in [-0.05, 0) is 39.1 Å². The van der Waals surface area contributed by atoms with E-state index in [4.69, 9.17) is 0 Å². The van der Waals surface area contributed by atoms with Gasteiger partial charge in [-0.3, -0.25) is 0 Å². The highest BCUT2D eigenvalue weighted by atomic mass is 15.3. The van der Waals surface area contributed by atoms with Crippen LogP contribution in [-0.4, -0.2) is 38.6 Å². The highest BCUT2D eigenvalue weighted by molar-refractivity contribution is 5.62. The van der Waals surface area contributed by atoms with Crippen molar-refractivity contribution in [2.24, 2.45) is 0 Å². The van der Waals surface area contributed by atoms with Crippen molar-refractivity contribution in [1.82, 2.24) is 24.5 Å². The van der Waals surface area contributed by atoms with Gasteiger partial charge in [-0.1, -0.05) is 24.3 Å². The Kier molecular flexibility index (Phi) is 3.43. The molecule has 5 nitrogen and oxygen atoms in total. The molecule has 2 heterocycles. The van der Waals surface area contributed by atoms with Crippen molar-refractivity contribution in [2.75, 3.05) is 14.1 Å². The Bertz CT molecular complexity index is 758. The van der Waals surface area contributed by atoms with Gasteiger partial charge in [0.05, 0.1) is 0 Å². The lowest BCUT2D eigenvalue weighted by Crippen LogP contribution is -2.16. The molecule has 0 saturated carbocycles. The Labute approximate surface area is 124 Å². The van der Waals surface area contributed by atoms with Gasteiger partial charge < -0.3 is 4.90 Å². The van der Waals surface area contributed by atoms with Crippen LogP contribution < -0.4 is 0 Å². The minimum atomic E-state index is 0.401. The van der Waals surface area contributed by atoms with E-state index in [9.17, 15) is 0 Å². The molecule has 5 heteroatoms. The molecule has 1 atom stereocenters. The second-order valence-electron chi connectivity index (χ2n) is 5.51. The van der Waals surface area contributed by atoms with Crippen LogP contribution in [0.3, 0.4) is 0 Å². The van der Waals surface area contributed by atoms with Crippen molar-refractivity contribution in [3.05, 3.63) is 48.0 Å². The summed E-state index contributed by atoms with van der Waals surface area (Å²) in [6.07, 6.45) is 3.81. The lowest BCUT2D eigenvalue weighted by Gasteiger charge is -2.20. The standard InChI is InChI=1S/C16H19N5/c1-11(20(3)4)13-5-7-14(8-6-13)15-9-17-16-18-12(2)19-21(16)10-15/h5-11H,1-4H3. The van der Waals surface area contributed by atoms with Gasteiger partial charge >= 0.3 is 0 Å². The summed E-state index contributed by atoms with van der Waals surface area (Å²) in [5.41, 5.74) is 3.47. The van der Waals surface area contributed by atoms with Gasteiger partial charge in [-0.15, -0.1) is 0 Å². The van der Waals surface area contributed by atoms with Gasteiger partial charge in [-0.25, -0.2) is 9.50 Å². The molecule has 0 spiro atoms. The highest BCUT2D eigenvalue weighted by Gasteiger charge is 2.08. The third kappa shape index (κ3) is 2.64. The van der Waals surface area contributed by atoms with E-state index in [0.717, 1.165) is 17.0 Å². The molecule has 0 aliphatic rings. The summed E-state index contributed by atoms with van der Waals surface area (Å²) in [4.78, 5) is 10.8. The van der Waals surface area contributed by atoms with E-state index >= 15 is 0 Å². The molecular formula is C16H19N5. The number of aromatic nitrogens is 4. The van der Waals surface area contributed by atoms with Crippen molar-refractivity contribution in [3.8, 4) is 11.1 Å². The zero-order valence-corrected chi connectivity index (χ0v) is 12.8. The summed E-state index contributed by atoms with van der Waals surface area (Å²) in [5, 5.41) is 4.30. The normalized spacial score (nSPS) is 13.0. The van der Waals surface area contributed by atoms with Crippen LogP contribution in [0.15, 0.2) is 36.7 Å². The molecule has 1 aromatic carbocycles. The van der Waals surface area contributed by atoms with Crippen LogP contribution >= 0.6 is 0 Å². The van der Waals surface area contributed by atoms with Gasteiger partial charge in [0.1, 0.15) is 5.82 Å². The Morgan fingerprint density at radius 2 is 1.81 bits per heavy atom. The largest absolute Gasteiger partial charge is 0.303 e. The van der Waals surface area contributed by atoms with E-state index < -0.39 is 0 Å². The van der Waals surface area contributed by atoms with Crippen molar-refractivity contribution < 1.29 is 0 Å². The Balaban J connectivity index is 1.94. The van der Waals surface area contributed by atoms with E-state index in [-0.39, 0.29) is 0 Å². The van der Waals surface area contributed by atoms with Crippen LogP contribution in [0.4, 0.5) is 0 Å². The van der Waals surface area contributed by atoms with E-state index in [1.165, 1.54) is 5.56 Å². The SMILES string of the molecule is Cc1nc2ncc(-c3ccc(C(C)N(C)C)cc3)cn2n1. The Morgan fingerprint density at radius 1 is 1.10 bits per heavy atom. The maximum absolute atomic E-state index is 4.35. The van der Waals surface area contributed by atoms with E-state index in [1.807, 2.05) is 19.3 Å². The summed E-state index contributed by atoms with van der Waals surface area (Å²) in [5.74, 6) is 1.36. The van der Waals surface area contributed by atoms with Crippen LogP contribution in [0, 0.1) is 6.92 Å². The zero-order chi connectivity index (χ0) is 15.0. The third-order valence-electron chi connectivity index (χ3n) is 3.80. The van der Waals surface area contributed by atoms with Crippen molar-refractivity contribution in [2.45, 2.75) is 19.9 Å². The molecule has 0 amide bonds. The van der Waals surface area contributed by atoms with Crippen LogP contribution in [0.5, 0.6) is 0 Å². The molecule has 21 heavy (non-hydrogen) atoms. The average molecular weight is 281 g/mol. The Morgan fingerprint density at radius 3 is 2.48 bits per heavy atom. The first-order valence-corrected chi connectivity index (χ1v) is 7.00. The quantitative estimate of drug-likeness (QED) is 0.740. The van der Waals surface area contributed by atoms with Crippen LogP contribution in [-0.2, 0) is 0 Å². The van der Waals surface area contributed by atoms with Crippen LogP contribution in [0.25, 0.3) is 16.9 Å². The molecule has 1 unspecified atom stereocenters. The van der Waals surface area contributed by atoms with Crippen LogP contribution in [0.1, 0.15) is 24.4 Å². The number of aryl methyl sites for hydroxylation is 1. The fourth-order valence-electron chi connectivity index (χ4n) is 2.29. The monoisotopic (exact) mass is 281 g/mol. The van der Waals surface area contributed by atoms with Crippen molar-refractivity contribution >= 4 is 5.78 Å². The highest BCUT2D eigenvalue weighted by Crippen LogP contribution is 2.23. The maximum Gasteiger partial charge on any atom is 0.252 e. The summed E-state index contributed by atoms with van der Waals surface area (Å²) in [7, 11) is 4.17. The molecule has 0 aliphatic carbocycles. The smallest absolute Gasteiger partial charge is 0.252 e. The van der Waals surface area contributed by atoms with Gasteiger partial charge in [0, 0.05) is 24.0 Å². The first-order chi connectivity index (χ1) is 10.0. The summed E-state index contributed by atoms with van der Waals surface area (Å²) in [6, 6.07) is 8.98. The van der Waals surface area contributed by atoms with Crippen LogP contribution in [0.2, 0.25) is 0 Å². The first kappa shape index (κ1) is 13.7. The number of nitrogens with zero attached hydrogens (tertiary/aromatic N) is 5. The van der Waals surface area contributed by atoms with Gasteiger partial charge in [0.2, 0.25) is 0 Å². The number of hydrogen-bond donors (Lipinski definition) is 0. The fourth-order valence-corrected chi connectivity index (χ4v) is 2.29. The third-order valence-corrected chi connectivity index (χ3v) is 3.80. The first-order valence-electron chi connectivity index (χ1n) is 7.00. The van der Waals surface area contributed by atoms with E-state index in [2.05, 4.69) is 65.3 Å². The van der Waals surface area contributed by atoms with Gasteiger partial charge in [0.15, 0.2) is 0 Å². The lowest BCUT2D eigenvalue weighted by atomic mass is 10.0. The van der Waals surface area contributed by atoms with E-state index in [1.54, 1.807) is 4.52 Å². The van der Waals surface area contributed by atoms with Crippen molar-refractivity contribution in [3.63, 3.8) is 0 Å². The van der Waals surface area contributed by atoms with Crippen molar-refractivity contribution in [1.29, 1.82) is 0 Å². The molecule has 0 aliphatic heterocycles. The van der Waals surface area contributed by atoms with Gasteiger partial charge in [-0.2, -0.15) is 10.1 Å². The number of fused-ring (bicyclic) bond motifs is 1. The molecule has 0 saturated heterocycles. The molecule has 0 fully saturated rings. The minimum Gasteiger partial charge on any atom is -0.303 e. The number of hydrogen-bond acceptors (Lipinski definition) is 4. The second-order valence-corrected chi connectivity index (χ2v) is 5.51. The van der Waals surface area contributed by atoms with Gasteiger partial charge in [0.25, 0.3) is 5.78 Å². The zero-order valence-electron chi connectivity index (χ0n) is 12.8. The number of rotatable bonds is 3. The molecule has 2 aromatic heterocycles. The molecule has 0 radical (unpaired) electrons. The second kappa shape index (κ2) is 5.26. The Hall–Kier alpha value is -2.27. The molecule has 3 rings (SSSR count). The predicted octanol–water partition coefficient (Wildman–Crippen LogP) is 2.72. The molecular weight excluding hydrogens is 262 g/mol. The maximum atomic E-state index is 4.35. The summed E-state index contributed by atoms with van der Waals surface area (Å²) in [6.45, 7) is 4.06. The number of benzene rings is 1. The predicted molar refractivity (Wildman–Crippen MR) is 83.1 cm³/mol. The molecule has 0 N–H and O–H groups in total. The average Bonchev–Trinajstić information content (AvgIpc) is 2.85. The molecule has 3 aromatic rings. The summed E-state index contributed by atoms with van der Waals surface area (Å²) >= 11 is 0. The molecule has 108 valence electrons. The topological polar surface area (TPSA) is 46.3 Å². The minimum absolute atomic E-state index is 0.401. The fraction of sp³-hybridized carbons (Fsp3) is 0.312.